The topological polar surface area (TPSA) is 85.0 Å². The second-order valence-electron chi connectivity index (χ2n) is 4.87. The van der Waals surface area contributed by atoms with E-state index < -0.39 is 4.92 Å². The highest BCUT2D eigenvalue weighted by Gasteiger charge is 2.27. The van der Waals surface area contributed by atoms with Crippen LogP contribution in [0.2, 0.25) is 0 Å². The molecule has 0 amide bonds. The number of rotatable bonds is 3. The second kappa shape index (κ2) is 4.93. The van der Waals surface area contributed by atoms with Gasteiger partial charge in [0.05, 0.1) is 0 Å². The monoisotopic (exact) mass is 253 g/mol. The molecule has 2 unspecified atom stereocenters. The lowest BCUT2D eigenvalue weighted by molar-refractivity contribution is -0.388. The minimum absolute atomic E-state index is 0.0822. The predicted octanol–water partition coefficient (Wildman–Crippen LogP) is 1.19. The third-order valence-electron chi connectivity index (χ3n) is 3.44. The molecule has 1 aliphatic rings. The fourth-order valence-corrected chi connectivity index (χ4v) is 2.34. The molecule has 18 heavy (non-hydrogen) atoms. The average Bonchev–Trinajstić information content (AvgIpc) is 2.57. The maximum absolute atomic E-state index is 11.0. The van der Waals surface area contributed by atoms with Gasteiger partial charge in [-0.05, 0) is 36.2 Å². The maximum Gasteiger partial charge on any atom is 0.406 e. The molecule has 0 saturated carbocycles. The summed E-state index contributed by atoms with van der Waals surface area (Å²) in [6, 6.07) is 0.694. The highest BCUT2D eigenvalue weighted by Crippen LogP contribution is 2.26. The molecule has 2 heterocycles. The van der Waals surface area contributed by atoms with E-state index in [1.807, 2.05) is 0 Å². The molecule has 1 saturated heterocycles. The Morgan fingerprint density at radius 2 is 2.33 bits per heavy atom. The first-order chi connectivity index (χ1) is 8.49. The summed E-state index contributed by atoms with van der Waals surface area (Å²) in [6.07, 6.45) is 1.92. The number of imidazole rings is 1. The molecule has 1 aromatic heterocycles. The minimum atomic E-state index is -0.431. The third-order valence-corrected chi connectivity index (χ3v) is 3.44. The molecule has 1 fully saturated rings. The van der Waals surface area contributed by atoms with Crippen LogP contribution in [0.15, 0.2) is 0 Å². The zero-order valence-electron chi connectivity index (χ0n) is 10.9. The second-order valence-corrected chi connectivity index (χ2v) is 4.87. The summed E-state index contributed by atoms with van der Waals surface area (Å²) in [6.45, 7) is 4.82. The van der Waals surface area contributed by atoms with Crippen LogP contribution in [0.5, 0.6) is 0 Å². The number of hydrogen-bond acceptors (Lipinski definition) is 5. The molecular weight excluding hydrogens is 234 g/mol. The van der Waals surface area contributed by atoms with Gasteiger partial charge in [-0.25, -0.2) is 0 Å². The van der Waals surface area contributed by atoms with Crippen molar-refractivity contribution in [2.24, 2.45) is 7.05 Å². The van der Waals surface area contributed by atoms with Crippen LogP contribution in [0, 0.1) is 17.0 Å². The van der Waals surface area contributed by atoms with Gasteiger partial charge in [0.2, 0.25) is 11.6 Å². The number of nitrogens with zero attached hydrogens (tertiary/aromatic N) is 3. The van der Waals surface area contributed by atoms with Crippen molar-refractivity contribution in [2.45, 2.75) is 38.8 Å². The van der Waals surface area contributed by atoms with Crippen molar-refractivity contribution < 1.29 is 4.92 Å². The Kier molecular flexibility index (Phi) is 3.51. The summed E-state index contributed by atoms with van der Waals surface area (Å²) in [5.74, 6) is 1.07. The van der Waals surface area contributed by atoms with Crippen molar-refractivity contribution >= 4 is 11.6 Å². The molecule has 2 rings (SSSR count). The van der Waals surface area contributed by atoms with Crippen LogP contribution in [0.3, 0.4) is 0 Å². The molecule has 0 spiro atoms. The Hall–Kier alpha value is -1.63. The Labute approximate surface area is 106 Å². The summed E-state index contributed by atoms with van der Waals surface area (Å²) in [4.78, 5) is 14.5. The molecule has 1 aliphatic heterocycles. The molecule has 0 bridgehead atoms. The Bertz CT molecular complexity index is 457. The quantitative estimate of drug-likeness (QED) is 0.624. The summed E-state index contributed by atoms with van der Waals surface area (Å²) in [5.41, 5.74) is 0. The van der Waals surface area contributed by atoms with E-state index in [4.69, 9.17) is 0 Å². The Morgan fingerprint density at radius 3 is 2.94 bits per heavy atom. The molecule has 7 nitrogen and oxygen atoms in total. The molecule has 0 aliphatic carbocycles. The number of nitro groups is 1. The zero-order chi connectivity index (χ0) is 13.3. The summed E-state index contributed by atoms with van der Waals surface area (Å²) >= 11 is 0. The van der Waals surface area contributed by atoms with Crippen LogP contribution in [0.4, 0.5) is 11.6 Å². The first kappa shape index (κ1) is 12.8. The SMILES string of the molecule is Cc1nc([N+](=O)[O-])c(NC2CCNC(C)C2)n1C. The van der Waals surface area contributed by atoms with E-state index in [0.717, 1.165) is 19.4 Å². The van der Waals surface area contributed by atoms with Gasteiger partial charge < -0.3 is 20.7 Å². The van der Waals surface area contributed by atoms with Crippen LogP contribution >= 0.6 is 0 Å². The first-order valence-corrected chi connectivity index (χ1v) is 6.16. The van der Waals surface area contributed by atoms with E-state index in [1.54, 1.807) is 18.5 Å². The van der Waals surface area contributed by atoms with E-state index >= 15 is 0 Å². The van der Waals surface area contributed by atoms with Crippen molar-refractivity contribution in [3.05, 3.63) is 15.9 Å². The number of piperidine rings is 1. The van der Waals surface area contributed by atoms with Crippen molar-refractivity contribution in [3.8, 4) is 0 Å². The molecule has 100 valence electrons. The number of anilines is 1. The highest BCUT2D eigenvalue weighted by molar-refractivity contribution is 5.54. The van der Waals surface area contributed by atoms with Gasteiger partial charge in [-0.1, -0.05) is 0 Å². The fourth-order valence-electron chi connectivity index (χ4n) is 2.34. The van der Waals surface area contributed by atoms with Crippen molar-refractivity contribution in [1.82, 2.24) is 14.9 Å². The molecule has 1 aromatic rings. The van der Waals surface area contributed by atoms with Crippen LogP contribution in [0.25, 0.3) is 0 Å². The maximum atomic E-state index is 11.0. The normalized spacial score (nSPS) is 23.9. The largest absolute Gasteiger partial charge is 0.406 e. The Morgan fingerprint density at radius 1 is 1.61 bits per heavy atom. The lowest BCUT2D eigenvalue weighted by Crippen LogP contribution is -2.41. The molecule has 2 atom stereocenters. The van der Waals surface area contributed by atoms with Gasteiger partial charge in [0, 0.05) is 26.1 Å². The van der Waals surface area contributed by atoms with Crippen LogP contribution in [-0.2, 0) is 7.05 Å². The highest BCUT2D eigenvalue weighted by atomic mass is 16.6. The lowest BCUT2D eigenvalue weighted by Gasteiger charge is -2.29. The molecule has 0 aromatic carbocycles. The van der Waals surface area contributed by atoms with Gasteiger partial charge in [0.15, 0.2) is 0 Å². The number of aromatic nitrogens is 2. The minimum Gasteiger partial charge on any atom is -0.361 e. The standard InChI is InChI=1S/C11H19N5O2/c1-7-6-9(4-5-12-7)14-10-11(16(17)18)13-8(2)15(10)3/h7,9,12,14H,4-6H2,1-3H3. The smallest absolute Gasteiger partial charge is 0.361 e. The van der Waals surface area contributed by atoms with Gasteiger partial charge in [0.25, 0.3) is 0 Å². The number of nitrogens with one attached hydrogen (secondary N) is 2. The van der Waals surface area contributed by atoms with Gasteiger partial charge >= 0.3 is 5.82 Å². The summed E-state index contributed by atoms with van der Waals surface area (Å²) in [5, 5.41) is 17.6. The summed E-state index contributed by atoms with van der Waals surface area (Å²) < 4.78 is 1.74. The van der Waals surface area contributed by atoms with E-state index in [9.17, 15) is 10.1 Å². The van der Waals surface area contributed by atoms with Crippen LogP contribution < -0.4 is 10.6 Å². The molecule has 2 N–H and O–H groups in total. The van der Waals surface area contributed by atoms with E-state index in [2.05, 4.69) is 22.5 Å². The van der Waals surface area contributed by atoms with E-state index in [-0.39, 0.29) is 11.9 Å². The first-order valence-electron chi connectivity index (χ1n) is 6.16. The van der Waals surface area contributed by atoms with Gasteiger partial charge in [-0.2, -0.15) is 0 Å². The van der Waals surface area contributed by atoms with Crippen LogP contribution in [0.1, 0.15) is 25.6 Å². The molecular formula is C11H19N5O2. The van der Waals surface area contributed by atoms with E-state index in [0.29, 0.717) is 17.7 Å². The van der Waals surface area contributed by atoms with Gasteiger partial charge in [0.1, 0.15) is 0 Å². The van der Waals surface area contributed by atoms with Gasteiger partial charge in [-0.3, -0.25) is 4.57 Å². The number of hydrogen-bond donors (Lipinski definition) is 2. The van der Waals surface area contributed by atoms with Gasteiger partial charge in [-0.15, -0.1) is 0 Å². The van der Waals surface area contributed by atoms with Crippen molar-refractivity contribution in [1.29, 1.82) is 0 Å². The van der Waals surface area contributed by atoms with Crippen molar-refractivity contribution in [3.63, 3.8) is 0 Å². The summed E-state index contributed by atoms with van der Waals surface area (Å²) in [7, 11) is 1.79. The predicted molar refractivity (Wildman–Crippen MR) is 68.7 cm³/mol. The van der Waals surface area contributed by atoms with Crippen molar-refractivity contribution in [2.75, 3.05) is 11.9 Å². The molecule has 7 heteroatoms. The third kappa shape index (κ3) is 2.45. The van der Waals surface area contributed by atoms with E-state index in [1.165, 1.54) is 0 Å². The fraction of sp³-hybridized carbons (Fsp3) is 0.727. The zero-order valence-corrected chi connectivity index (χ0v) is 10.9. The average molecular weight is 253 g/mol. The Balaban J connectivity index is 2.20. The number of aryl methyl sites for hydroxylation is 1. The lowest BCUT2D eigenvalue weighted by atomic mass is 10.0. The van der Waals surface area contributed by atoms with Crippen LogP contribution in [-0.4, -0.2) is 33.1 Å². The molecule has 0 radical (unpaired) electrons.